The first-order chi connectivity index (χ1) is 9.36. The molecular weight excluding hydrogens is 280 g/mol. The molecule has 4 N–H and O–H groups in total. The molecule has 6 nitrogen and oxygen atoms in total. The lowest BCUT2D eigenvalue weighted by molar-refractivity contribution is -0.139. The minimum Gasteiger partial charge on any atom is -0.480 e. The number of nitrogens with two attached hydrogens (primary N) is 1. The minimum atomic E-state index is -3.82. The summed E-state index contributed by atoms with van der Waals surface area (Å²) in [6.45, 7) is 2.30. The van der Waals surface area contributed by atoms with Crippen molar-refractivity contribution in [1.82, 2.24) is 4.72 Å². The molecule has 0 aromatic heterocycles. The van der Waals surface area contributed by atoms with Gasteiger partial charge in [-0.2, -0.15) is 4.72 Å². The number of carboxylic acids is 1. The van der Waals surface area contributed by atoms with Crippen LogP contribution in [0.2, 0.25) is 0 Å². The van der Waals surface area contributed by atoms with Gasteiger partial charge in [-0.15, -0.1) is 0 Å². The van der Waals surface area contributed by atoms with Crippen LogP contribution in [0.1, 0.15) is 24.8 Å². The van der Waals surface area contributed by atoms with Crippen molar-refractivity contribution in [3.8, 4) is 0 Å². The molecular formula is C13H20N2O4S. The second-order valence-electron chi connectivity index (χ2n) is 4.61. The van der Waals surface area contributed by atoms with Gasteiger partial charge >= 0.3 is 5.97 Å². The topological polar surface area (TPSA) is 109 Å². The molecule has 0 aliphatic carbocycles. The van der Waals surface area contributed by atoms with E-state index in [0.29, 0.717) is 19.4 Å². The van der Waals surface area contributed by atoms with Crippen molar-refractivity contribution in [2.45, 2.75) is 37.1 Å². The van der Waals surface area contributed by atoms with Gasteiger partial charge in [0.1, 0.15) is 6.04 Å². The maximum absolute atomic E-state index is 12.1. The summed E-state index contributed by atoms with van der Waals surface area (Å²) < 4.78 is 26.4. The van der Waals surface area contributed by atoms with Crippen molar-refractivity contribution in [3.05, 3.63) is 29.8 Å². The molecule has 1 aromatic carbocycles. The molecule has 0 aliphatic heterocycles. The predicted molar refractivity (Wildman–Crippen MR) is 75.8 cm³/mol. The summed E-state index contributed by atoms with van der Waals surface area (Å²) in [6, 6.07) is 5.11. The van der Waals surface area contributed by atoms with Gasteiger partial charge in [-0.25, -0.2) is 8.42 Å². The first kappa shape index (κ1) is 16.6. The highest BCUT2D eigenvalue weighted by molar-refractivity contribution is 7.89. The summed E-state index contributed by atoms with van der Waals surface area (Å²) in [5.41, 5.74) is 6.27. The molecule has 7 heteroatoms. The zero-order valence-electron chi connectivity index (χ0n) is 11.4. The monoisotopic (exact) mass is 300 g/mol. The predicted octanol–water partition coefficient (Wildman–Crippen LogP) is 0.856. The first-order valence-corrected chi connectivity index (χ1v) is 7.87. The van der Waals surface area contributed by atoms with Crippen LogP contribution in [0.3, 0.4) is 0 Å². The normalized spacial score (nSPS) is 13.1. The maximum atomic E-state index is 12.1. The second kappa shape index (κ2) is 7.37. The number of aryl methyl sites for hydroxylation is 1. The Bertz CT molecular complexity index is 540. The molecule has 0 bridgehead atoms. The average molecular weight is 300 g/mol. The lowest BCUT2D eigenvalue weighted by Gasteiger charge is -2.14. The third-order valence-electron chi connectivity index (χ3n) is 2.87. The van der Waals surface area contributed by atoms with Crippen LogP contribution in [0.15, 0.2) is 29.2 Å². The summed E-state index contributed by atoms with van der Waals surface area (Å²) in [5.74, 6) is -1.18. The first-order valence-electron chi connectivity index (χ1n) is 6.38. The highest BCUT2D eigenvalue weighted by Crippen LogP contribution is 2.12. The molecule has 112 valence electrons. The van der Waals surface area contributed by atoms with E-state index in [9.17, 15) is 13.2 Å². The van der Waals surface area contributed by atoms with Gasteiger partial charge in [0.15, 0.2) is 0 Å². The summed E-state index contributed by atoms with van der Waals surface area (Å²) in [4.78, 5) is 11.2. The Morgan fingerprint density at radius 3 is 2.40 bits per heavy atom. The van der Waals surface area contributed by atoms with Gasteiger partial charge < -0.3 is 10.8 Å². The quantitative estimate of drug-likeness (QED) is 0.617. The Labute approximate surface area is 119 Å². The van der Waals surface area contributed by atoms with Gasteiger partial charge in [-0.3, -0.25) is 4.79 Å². The number of hydrogen-bond acceptors (Lipinski definition) is 4. The van der Waals surface area contributed by atoms with Gasteiger partial charge in [0, 0.05) is 0 Å². The fourth-order valence-electron chi connectivity index (χ4n) is 1.70. The van der Waals surface area contributed by atoms with Crippen LogP contribution in [0.4, 0.5) is 0 Å². The van der Waals surface area contributed by atoms with Crippen LogP contribution in [-0.2, 0) is 14.8 Å². The molecule has 1 aromatic rings. The summed E-state index contributed by atoms with van der Waals surface area (Å²) in [7, 11) is -3.82. The number of rotatable bonds is 8. The van der Waals surface area contributed by atoms with Gasteiger partial charge in [-0.05, 0) is 38.4 Å². The molecule has 0 spiro atoms. The maximum Gasteiger partial charge on any atom is 0.321 e. The molecule has 1 rings (SSSR count). The third kappa shape index (κ3) is 4.92. The van der Waals surface area contributed by atoms with E-state index in [4.69, 9.17) is 10.8 Å². The van der Waals surface area contributed by atoms with E-state index in [-0.39, 0.29) is 11.3 Å². The van der Waals surface area contributed by atoms with Crippen molar-refractivity contribution in [2.24, 2.45) is 5.73 Å². The Balaban J connectivity index is 2.80. The highest BCUT2D eigenvalue weighted by atomic mass is 32.2. The van der Waals surface area contributed by atoms with Crippen LogP contribution >= 0.6 is 0 Å². The van der Waals surface area contributed by atoms with Gasteiger partial charge in [0.2, 0.25) is 10.0 Å². The van der Waals surface area contributed by atoms with Gasteiger partial charge in [-0.1, -0.05) is 24.1 Å². The van der Waals surface area contributed by atoms with Crippen LogP contribution in [0.25, 0.3) is 0 Å². The lowest BCUT2D eigenvalue weighted by atomic mass is 10.1. The Kier molecular flexibility index (Phi) is 6.12. The van der Waals surface area contributed by atoms with E-state index in [1.165, 1.54) is 12.1 Å². The molecule has 0 amide bonds. The number of carbonyl (C=O) groups is 1. The number of nitrogens with one attached hydrogen (secondary N) is 1. The van der Waals surface area contributed by atoms with Crippen molar-refractivity contribution in [1.29, 1.82) is 0 Å². The van der Waals surface area contributed by atoms with E-state index in [0.717, 1.165) is 5.56 Å². The van der Waals surface area contributed by atoms with Crippen LogP contribution < -0.4 is 10.5 Å². The molecule has 1 atom stereocenters. The number of unbranched alkanes of at least 4 members (excludes halogenated alkanes) is 1. The molecule has 0 saturated heterocycles. The molecule has 0 fully saturated rings. The van der Waals surface area contributed by atoms with E-state index < -0.39 is 22.0 Å². The lowest BCUT2D eigenvalue weighted by Crippen LogP contribution is -2.40. The van der Waals surface area contributed by atoms with Crippen molar-refractivity contribution < 1.29 is 18.3 Å². The number of benzene rings is 1. The Morgan fingerprint density at radius 1 is 1.30 bits per heavy atom. The fourth-order valence-corrected chi connectivity index (χ4v) is 2.92. The Morgan fingerprint density at radius 2 is 1.90 bits per heavy atom. The van der Waals surface area contributed by atoms with Gasteiger partial charge in [0.05, 0.1) is 4.90 Å². The molecule has 0 heterocycles. The highest BCUT2D eigenvalue weighted by Gasteiger charge is 2.24. The second-order valence-corrected chi connectivity index (χ2v) is 6.32. The van der Waals surface area contributed by atoms with Crippen LogP contribution in [-0.4, -0.2) is 32.1 Å². The Hall–Kier alpha value is -1.44. The van der Waals surface area contributed by atoms with E-state index in [1.807, 2.05) is 6.92 Å². The average Bonchev–Trinajstić information content (AvgIpc) is 2.38. The molecule has 0 radical (unpaired) electrons. The zero-order valence-corrected chi connectivity index (χ0v) is 12.2. The molecule has 0 unspecified atom stereocenters. The third-order valence-corrected chi connectivity index (χ3v) is 4.36. The van der Waals surface area contributed by atoms with Crippen molar-refractivity contribution in [3.63, 3.8) is 0 Å². The number of sulfonamides is 1. The summed E-state index contributed by atoms with van der Waals surface area (Å²) in [6.07, 6.45) is 1.44. The summed E-state index contributed by atoms with van der Waals surface area (Å²) in [5, 5.41) is 9.07. The summed E-state index contributed by atoms with van der Waals surface area (Å²) >= 11 is 0. The molecule has 0 aliphatic rings. The van der Waals surface area contributed by atoms with E-state index in [1.54, 1.807) is 12.1 Å². The fraction of sp³-hybridized carbons (Fsp3) is 0.462. The van der Waals surface area contributed by atoms with E-state index >= 15 is 0 Å². The van der Waals surface area contributed by atoms with Crippen LogP contribution in [0, 0.1) is 6.92 Å². The smallest absolute Gasteiger partial charge is 0.321 e. The number of aliphatic carboxylic acids is 1. The standard InChI is InChI=1S/C13H20N2O4S/c1-10-5-7-11(8-6-10)20(18,19)15-12(13(16)17)4-2-3-9-14/h5-8,12,15H,2-4,9,14H2,1H3,(H,16,17)/t12-/m0/s1. The van der Waals surface area contributed by atoms with Crippen molar-refractivity contribution >= 4 is 16.0 Å². The van der Waals surface area contributed by atoms with Gasteiger partial charge in [0.25, 0.3) is 0 Å². The number of carboxylic acid groups (broad SMARTS) is 1. The molecule has 20 heavy (non-hydrogen) atoms. The SMILES string of the molecule is Cc1ccc(S(=O)(=O)N[C@@H](CCCCN)C(=O)O)cc1. The van der Waals surface area contributed by atoms with Crippen LogP contribution in [0.5, 0.6) is 0 Å². The number of hydrogen-bond donors (Lipinski definition) is 3. The minimum absolute atomic E-state index is 0.0631. The largest absolute Gasteiger partial charge is 0.480 e. The van der Waals surface area contributed by atoms with Crippen molar-refractivity contribution in [2.75, 3.05) is 6.54 Å². The zero-order chi connectivity index (χ0) is 15.2. The van der Waals surface area contributed by atoms with E-state index in [2.05, 4.69) is 4.72 Å². The molecule has 0 saturated carbocycles.